The van der Waals surface area contributed by atoms with E-state index >= 15 is 0 Å². The van der Waals surface area contributed by atoms with Crippen LogP contribution in [0.15, 0.2) is 28.7 Å². The molecule has 0 bridgehead atoms. The van der Waals surface area contributed by atoms with E-state index in [0.29, 0.717) is 13.2 Å². The van der Waals surface area contributed by atoms with Crippen molar-refractivity contribution >= 4 is 25.8 Å². The molecule has 106 valence electrons. The number of hydrogen-bond donors (Lipinski definition) is 1. The molecule has 1 saturated heterocycles. The van der Waals surface area contributed by atoms with Crippen molar-refractivity contribution in [3.63, 3.8) is 0 Å². The molecule has 4 nitrogen and oxygen atoms in total. The van der Waals surface area contributed by atoms with Crippen LogP contribution in [-0.2, 0) is 21.0 Å². The minimum absolute atomic E-state index is 0.0883. The van der Waals surface area contributed by atoms with Crippen LogP contribution in [0.2, 0.25) is 0 Å². The summed E-state index contributed by atoms with van der Waals surface area (Å²) in [7, 11) is -2.98. The van der Waals surface area contributed by atoms with Gasteiger partial charge in [0, 0.05) is 23.3 Å². The van der Waals surface area contributed by atoms with Crippen LogP contribution in [0.25, 0.3) is 0 Å². The Labute approximate surface area is 122 Å². The highest BCUT2D eigenvalue weighted by Gasteiger charge is 2.23. The molecule has 19 heavy (non-hydrogen) atoms. The van der Waals surface area contributed by atoms with Gasteiger partial charge in [-0.05, 0) is 24.1 Å². The van der Waals surface area contributed by atoms with Gasteiger partial charge in [0.2, 0.25) is 0 Å². The van der Waals surface area contributed by atoms with E-state index in [9.17, 15) is 8.42 Å². The van der Waals surface area contributed by atoms with Crippen LogP contribution in [0.5, 0.6) is 0 Å². The third-order valence-corrected chi connectivity index (χ3v) is 4.56. The maximum absolute atomic E-state index is 11.2. The van der Waals surface area contributed by atoms with E-state index in [1.807, 2.05) is 12.1 Å². The Morgan fingerprint density at radius 3 is 2.58 bits per heavy atom. The van der Waals surface area contributed by atoms with Gasteiger partial charge in [0.05, 0.1) is 18.5 Å². The normalized spacial score (nSPS) is 24.3. The first-order chi connectivity index (χ1) is 8.92. The van der Waals surface area contributed by atoms with Crippen LogP contribution in [-0.4, -0.2) is 45.7 Å². The molecular weight excluding hydrogens is 330 g/mol. The summed E-state index contributed by atoms with van der Waals surface area (Å²) >= 11 is 3.41. The maximum atomic E-state index is 11.2. The fraction of sp³-hybridized carbons (Fsp3) is 0.538. The number of halogens is 1. The summed E-state index contributed by atoms with van der Waals surface area (Å²) in [5.41, 5.74) is 1.24. The van der Waals surface area contributed by atoms with Crippen LogP contribution in [0, 0.1) is 0 Å². The molecule has 1 aliphatic rings. The van der Waals surface area contributed by atoms with Gasteiger partial charge in [-0.25, -0.2) is 8.42 Å². The van der Waals surface area contributed by atoms with Gasteiger partial charge >= 0.3 is 0 Å². The monoisotopic (exact) mass is 347 g/mol. The fourth-order valence-corrected chi connectivity index (χ4v) is 3.30. The van der Waals surface area contributed by atoms with E-state index in [4.69, 9.17) is 4.74 Å². The van der Waals surface area contributed by atoms with E-state index < -0.39 is 9.84 Å². The second kappa shape index (κ2) is 6.35. The standard InChI is InChI=1S/C13H18BrNO3S/c1-19(16,17)9-13-7-15-12(8-18-13)6-10-2-4-11(14)5-3-10/h2-5,12-13,15H,6-9H2,1H3/t12-,13+/m0/s1. The van der Waals surface area contributed by atoms with Crippen molar-refractivity contribution in [2.75, 3.05) is 25.2 Å². The zero-order valence-corrected chi connectivity index (χ0v) is 13.2. The molecule has 0 aliphatic carbocycles. The predicted octanol–water partition coefficient (Wildman–Crippen LogP) is 1.39. The lowest BCUT2D eigenvalue weighted by molar-refractivity contribution is 0.0174. The molecule has 0 unspecified atom stereocenters. The summed E-state index contributed by atoms with van der Waals surface area (Å²) in [5.74, 6) is 0.0883. The predicted molar refractivity (Wildman–Crippen MR) is 79.1 cm³/mol. The molecule has 6 heteroatoms. The van der Waals surface area contributed by atoms with Crippen molar-refractivity contribution in [3.05, 3.63) is 34.3 Å². The molecule has 1 N–H and O–H groups in total. The lowest BCUT2D eigenvalue weighted by Gasteiger charge is -2.30. The summed E-state index contributed by atoms with van der Waals surface area (Å²) in [5, 5.41) is 3.35. The van der Waals surface area contributed by atoms with Crippen molar-refractivity contribution in [2.45, 2.75) is 18.6 Å². The zero-order chi connectivity index (χ0) is 13.9. The number of hydrogen-bond acceptors (Lipinski definition) is 4. The lowest BCUT2D eigenvalue weighted by Crippen LogP contribution is -2.49. The van der Waals surface area contributed by atoms with E-state index in [2.05, 4.69) is 33.4 Å². The Bertz CT molecular complexity index is 507. The van der Waals surface area contributed by atoms with Crippen molar-refractivity contribution in [2.24, 2.45) is 0 Å². The first kappa shape index (κ1) is 15.0. The maximum Gasteiger partial charge on any atom is 0.150 e. The topological polar surface area (TPSA) is 55.4 Å². The van der Waals surface area contributed by atoms with E-state index in [1.54, 1.807) is 0 Å². The number of ether oxygens (including phenoxy) is 1. The molecule has 1 aromatic rings. The lowest BCUT2D eigenvalue weighted by atomic mass is 10.1. The molecule has 1 fully saturated rings. The first-order valence-corrected chi connectivity index (χ1v) is 9.05. The molecule has 1 aromatic carbocycles. The fourth-order valence-electron chi connectivity index (χ4n) is 2.15. The number of nitrogens with one attached hydrogen (secondary N) is 1. The second-order valence-corrected chi connectivity index (χ2v) is 8.08. The molecule has 0 spiro atoms. The second-order valence-electron chi connectivity index (χ2n) is 4.98. The van der Waals surface area contributed by atoms with E-state index in [1.165, 1.54) is 11.8 Å². The van der Waals surface area contributed by atoms with Crippen LogP contribution in [0.3, 0.4) is 0 Å². The van der Waals surface area contributed by atoms with Crippen molar-refractivity contribution in [3.8, 4) is 0 Å². The zero-order valence-electron chi connectivity index (χ0n) is 10.8. The van der Waals surface area contributed by atoms with E-state index in [-0.39, 0.29) is 17.9 Å². The van der Waals surface area contributed by atoms with Crippen molar-refractivity contribution < 1.29 is 13.2 Å². The molecule has 2 atom stereocenters. The first-order valence-electron chi connectivity index (χ1n) is 6.19. The minimum atomic E-state index is -2.98. The highest BCUT2D eigenvalue weighted by Crippen LogP contribution is 2.13. The van der Waals surface area contributed by atoms with Gasteiger partial charge in [-0.15, -0.1) is 0 Å². The third-order valence-electron chi connectivity index (χ3n) is 3.05. The smallest absolute Gasteiger partial charge is 0.150 e. The largest absolute Gasteiger partial charge is 0.374 e. The number of sulfone groups is 1. The van der Waals surface area contributed by atoms with Gasteiger partial charge < -0.3 is 10.1 Å². The molecule has 0 aromatic heterocycles. The summed E-state index contributed by atoms with van der Waals surface area (Å²) in [6.45, 7) is 1.14. The summed E-state index contributed by atoms with van der Waals surface area (Å²) < 4.78 is 29.1. The minimum Gasteiger partial charge on any atom is -0.374 e. The third kappa shape index (κ3) is 5.22. The molecular formula is C13H18BrNO3S. The van der Waals surface area contributed by atoms with Gasteiger partial charge in [0.15, 0.2) is 0 Å². The average molecular weight is 348 g/mol. The van der Waals surface area contributed by atoms with Gasteiger partial charge in [0.1, 0.15) is 9.84 Å². The highest BCUT2D eigenvalue weighted by atomic mass is 79.9. The molecule has 0 radical (unpaired) electrons. The Morgan fingerprint density at radius 2 is 2.05 bits per heavy atom. The number of benzene rings is 1. The summed E-state index contributed by atoms with van der Waals surface area (Å²) in [6.07, 6.45) is 1.90. The molecule has 1 heterocycles. The van der Waals surface area contributed by atoms with Crippen molar-refractivity contribution in [1.29, 1.82) is 0 Å². The molecule has 1 aliphatic heterocycles. The highest BCUT2D eigenvalue weighted by molar-refractivity contribution is 9.10. The molecule has 2 rings (SSSR count). The van der Waals surface area contributed by atoms with Crippen LogP contribution >= 0.6 is 15.9 Å². The molecule has 0 amide bonds. The summed E-state index contributed by atoms with van der Waals surface area (Å²) in [4.78, 5) is 0. The Morgan fingerprint density at radius 1 is 1.37 bits per heavy atom. The van der Waals surface area contributed by atoms with Crippen LogP contribution in [0.4, 0.5) is 0 Å². The van der Waals surface area contributed by atoms with Gasteiger partial charge in [-0.1, -0.05) is 28.1 Å². The molecule has 0 saturated carbocycles. The van der Waals surface area contributed by atoms with Crippen LogP contribution < -0.4 is 5.32 Å². The SMILES string of the molecule is CS(=O)(=O)C[C@H]1CN[C@@H](Cc2ccc(Br)cc2)CO1. The Hall–Kier alpha value is -0.430. The van der Waals surface area contributed by atoms with Gasteiger partial charge in [-0.3, -0.25) is 0 Å². The van der Waals surface area contributed by atoms with Crippen LogP contribution in [0.1, 0.15) is 5.56 Å². The average Bonchev–Trinajstić information content (AvgIpc) is 2.33. The van der Waals surface area contributed by atoms with Gasteiger partial charge in [-0.2, -0.15) is 0 Å². The Balaban J connectivity index is 1.82. The number of rotatable bonds is 4. The Kier molecular flexibility index (Phi) is 5.00. The quantitative estimate of drug-likeness (QED) is 0.894. The van der Waals surface area contributed by atoms with E-state index in [0.717, 1.165) is 10.9 Å². The number of morpholine rings is 1. The van der Waals surface area contributed by atoms with Crippen molar-refractivity contribution in [1.82, 2.24) is 5.32 Å². The summed E-state index contributed by atoms with van der Waals surface area (Å²) in [6, 6.07) is 8.44. The van der Waals surface area contributed by atoms with Gasteiger partial charge in [0.25, 0.3) is 0 Å².